The first kappa shape index (κ1) is 21.1. The van der Waals surface area contributed by atoms with E-state index in [2.05, 4.69) is 16.0 Å². The molecular weight excluding hydrogens is 328 g/mol. The molecule has 0 heterocycles. The van der Waals surface area contributed by atoms with Gasteiger partial charge in [0.1, 0.15) is 12.1 Å². The molecule has 7 N–H and O–H groups in total. The molecule has 5 unspecified atom stereocenters. The van der Waals surface area contributed by atoms with E-state index in [4.69, 9.17) is 5.73 Å². The van der Waals surface area contributed by atoms with Gasteiger partial charge in [0.2, 0.25) is 17.7 Å². The topological polar surface area (TPSA) is 154 Å². The van der Waals surface area contributed by atoms with Crippen LogP contribution < -0.4 is 21.7 Å². The largest absolute Gasteiger partial charge is 0.390 e. The smallest absolute Gasteiger partial charge is 0.247 e. The normalized spacial score (nSPS) is 25.7. The molecule has 1 rings (SSSR count). The van der Waals surface area contributed by atoms with Crippen LogP contribution in [0.4, 0.5) is 0 Å². The Balaban J connectivity index is 2.91. The van der Waals surface area contributed by atoms with Crippen LogP contribution in [0.1, 0.15) is 27.2 Å². The lowest BCUT2D eigenvalue weighted by Gasteiger charge is -2.32. The van der Waals surface area contributed by atoms with Crippen molar-refractivity contribution in [1.82, 2.24) is 16.0 Å². The second-order valence-electron chi connectivity index (χ2n) is 6.60. The second-order valence-corrected chi connectivity index (χ2v) is 6.60. The molecule has 0 radical (unpaired) electrons. The Morgan fingerprint density at radius 1 is 1.24 bits per heavy atom. The van der Waals surface area contributed by atoms with Gasteiger partial charge >= 0.3 is 0 Å². The molecule has 9 heteroatoms. The molecule has 9 nitrogen and oxygen atoms in total. The fraction of sp³-hybridized carbons (Fsp3) is 0.688. The van der Waals surface area contributed by atoms with Crippen LogP contribution in [-0.4, -0.2) is 65.3 Å². The number of nitrogens with two attached hydrogens (primary N) is 1. The van der Waals surface area contributed by atoms with E-state index in [1.807, 2.05) is 13.8 Å². The van der Waals surface area contributed by atoms with Gasteiger partial charge in [0, 0.05) is 12.0 Å². The van der Waals surface area contributed by atoms with E-state index < -0.39 is 42.1 Å². The van der Waals surface area contributed by atoms with Gasteiger partial charge in [-0.05, 0) is 19.9 Å². The van der Waals surface area contributed by atoms with Crippen LogP contribution in [0, 0.1) is 5.92 Å². The summed E-state index contributed by atoms with van der Waals surface area (Å²) in [5.41, 5.74) is 5.28. The van der Waals surface area contributed by atoms with Gasteiger partial charge in [0.05, 0.1) is 18.2 Å². The van der Waals surface area contributed by atoms with Gasteiger partial charge in [-0.25, -0.2) is 0 Å². The molecule has 0 saturated carbocycles. The molecule has 0 bridgehead atoms. The summed E-state index contributed by atoms with van der Waals surface area (Å²) < 4.78 is 0. The first-order chi connectivity index (χ1) is 11.6. The molecule has 3 amide bonds. The number of aliphatic hydroxyl groups is 2. The molecule has 0 aromatic rings. The Morgan fingerprint density at radius 2 is 1.84 bits per heavy atom. The van der Waals surface area contributed by atoms with Crippen LogP contribution in [-0.2, 0) is 14.4 Å². The number of amides is 3. The standard InChI is InChI=1S/C16H28N4O5/c1-7(2)12(18-4)16(25)20-10-5-9(6-11(21)13(10)22)15(24)19-8(3)14(17)23/h5,7-8,10-13,18,21-22H,6H2,1-4H3,(H2,17,23)(H,19,24)(H,20,25). The highest BCUT2D eigenvalue weighted by Gasteiger charge is 2.35. The van der Waals surface area contributed by atoms with E-state index in [1.54, 1.807) is 7.05 Å². The number of hydrogen-bond acceptors (Lipinski definition) is 6. The predicted molar refractivity (Wildman–Crippen MR) is 91.1 cm³/mol. The molecule has 0 aliphatic heterocycles. The van der Waals surface area contributed by atoms with Crippen LogP contribution in [0.25, 0.3) is 0 Å². The van der Waals surface area contributed by atoms with Crippen molar-refractivity contribution in [2.75, 3.05) is 7.05 Å². The average Bonchev–Trinajstić information content (AvgIpc) is 2.51. The number of carbonyl (C=O) groups is 3. The summed E-state index contributed by atoms with van der Waals surface area (Å²) in [6.45, 7) is 5.17. The van der Waals surface area contributed by atoms with Crippen LogP contribution in [0.5, 0.6) is 0 Å². The van der Waals surface area contributed by atoms with Crippen molar-refractivity contribution in [2.45, 2.75) is 57.5 Å². The molecule has 1 aliphatic carbocycles. The Hall–Kier alpha value is -1.97. The molecule has 1 aliphatic rings. The lowest BCUT2D eigenvalue weighted by Crippen LogP contribution is -2.56. The number of rotatable bonds is 7. The van der Waals surface area contributed by atoms with E-state index in [-0.39, 0.29) is 23.8 Å². The van der Waals surface area contributed by atoms with E-state index in [0.29, 0.717) is 0 Å². The SMILES string of the molecule is CNC(C(=O)NC1C=C(C(=O)NC(C)C(N)=O)CC(O)C1O)C(C)C. The van der Waals surface area contributed by atoms with E-state index >= 15 is 0 Å². The monoisotopic (exact) mass is 356 g/mol. The number of nitrogens with one attached hydrogen (secondary N) is 3. The zero-order chi connectivity index (χ0) is 19.3. The van der Waals surface area contributed by atoms with E-state index in [9.17, 15) is 24.6 Å². The Labute approximate surface area is 147 Å². The maximum Gasteiger partial charge on any atom is 0.247 e. The molecule has 5 atom stereocenters. The van der Waals surface area contributed by atoms with Gasteiger partial charge < -0.3 is 31.9 Å². The number of aliphatic hydroxyl groups excluding tert-OH is 2. The van der Waals surface area contributed by atoms with Crippen LogP contribution in [0.15, 0.2) is 11.6 Å². The molecule has 0 spiro atoms. The minimum absolute atomic E-state index is 0.0128. The minimum Gasteiger partial charge on any atom is -0.390 e. The number of likely N-dealkylation sites (N-methyl/N-ethyl adjacent to an activating group) is 1. The number of carbonyl (C=O) groups excluding carboxylic acids is 3. The summed E-state index contributed by atoms with van der Waals surface area (Å²) in [6.07, 6.45) is -1.15. The number of primary amides is 1. The fourth-order valence-corrected chi connectivity index (χ4v) is 2.65. The fourth-order valence-electron chi connectivity index (χ4n) is 2.65. The highest BCUT2D eigenvalue weighted by Crippen LogP contribution is 2.20. The lowest BCUT2D eigenvalue weighted by atomic mass is 9.89. The second kappa shape index (κ2) is 8.93. The summed E-state index contributed by atoms with van der Waals surface area (Å²) in [5, 5.41) is 28.0. The zero-order valence-corrected chi connectivity index (χ0v) is 14.9. The molecule has 0 aromatic heterocycles. The summed E-state index contributed by atoms with van der Waals surface area (Å²) in [7, 11) is 1.65. The third kappa shape index (κ3) is 5.52. The maximum atomic E-state index is 12.3. The van der Waals surface area contributed by atoms with Gasteiger partial charge in [0.15, 0.2) is 0 Å². The Kier molecular flexibility index (Phi) is 7.53. The van der Waals surface area contributed by atoms with E-state index in [1.165, 1.54) is 13.0 Å². The summed E-state index contributed by atoms with van der Waals surface area (Å²) in [6, 6.07) is -2.28. The minimum atomic E-state index is -1.24. The van der Waals surface area contributed by atoms with Crippen molar-refractivity contribution >= 4 is 17.7 Å². The third-order valence-electron chi connectivity index (χ3n) is 4.21. The summed E-state index contributed by atoms with van der Waals surface area (Å²) in [4.78, 5) is 35.6. The molecule has 0 fully saturated rings. The first-order valence-corrected chi connectivity index (χ1v) is 8.23. The van der Waals surface area contributed by atoms with Crippen molar-refractivity contribution in [3.63, 3.8) is 0 Å². The molecule has 0 aromatic carbocycles. The van der Waals surface area contributed by atoms with Crippen LogP contribution in [0.3, 0.4) is 0 Å². The van der Waals surface area contributed by atoms with Crippen molar-refractivity contribution in [1.29, 1.82) is 0 Å². The Bertz CT molecular complexity index is 549. The third-order valence-corrected chi connectivity index (χ3v) is 4.21. The Morgan fingerprint density at radius 3 is 2.32 bits per heavy atom. The quantitative estimate of drug-likeness (QED) is 0.303. The van der Waals surface area contributed by atoms with Crippen molar-refractivity contribution in [3.05, 3.63) is 11.6 Å². The summed E-state index contributed by atoms with van der Waals surface area (Å²) >= 11 is 0. The van der Waals surface area contributed by atoms with Crippen molar-refractivity contribution in [2.24, 2.45) is 11.7 Å². The average molecular weight is 356 g/mol. The zero-order valence-electron chi connectivity index (χ0n) is 14.9. The first-order valence-electron chi connectivity index (χ1n) is 8.23. The highest BCUT2D eigenvalue weighted by molar-refractivity contribution is 5.97. The number of hydrogen-bond donors (Lipinski definition) is 6. The lowest BCUT2D eigenvalue weighted by molar-refractivity contribution is -0.126. The maximum absolute atomic E-state index is 12.3. The van der Waals surface area contributed by atoms with Crippen molar-refractivity contribution < 1.29 is 24.6 Å². The van der Waals surface area contributed by atoms with Crippen LogP contribution >= 0.6 is 0 Å². The van der Waals surface area contributed by atoms with Gasteiger partial charge in [-0.1, -0.05) is 19.9 Å². The van der Waals surface area contributed by atoms with E-state index in [0.717, 1.165) is 0 Å². The highest BCUT2D eigenvalue weighted by atomic mass is 16.3. The molecule has 25 heavy (non-hydrogen) atoms. The molecule has 142 valence electrons. The van der Waals surface area contributed by atoms with Gasteiger partial charge in [-0.15, -0.1) is 0 Å². The van der Waals surface area contributed by atoms with Gasteiger partial charge in [-0.2, -0.15) is 0 Å². The van der Waals surface area contributed by atoms with Gasteiger partial charge in [0.25, 0.3) is 0 Å². The van der Waals surface area contributed by atoms with Crippen LogP contribution in [0.2, 0.25) is 0 Å². The van der Waals surface area contributed by atoms with Crippen molar-refractivity contribution in [3.8, 4) is 0 Å². The molecule has 0 saturated heterocycles. The summed E-state index contributed by atoms with van der Waals surface area (Å²) in [5.74, 6) is -1.61. The predicted octanol–water partition coefficient (Wildman–Crippen LogP) is -2.24. The van der Waals surface area contributed by atoms with Gasteiger partial charge in [-0.3, -0.25) is 14.4 Å². The molecular formula is C16H28N4O5.